The highest BCUT2D eigenvalue weighted by Gasteiger charge is 2.16. The second kappa shape index (κ2) is 5.51. The average molecular weight is 308 g/mol. The number of nitro groups is 1. The lowest BCUT2D eigenvalue weighted by Crippen LogP contribution is -2.18. The van der Waals surface area contributed by atoms with Gasteiger partial charge in [-0.2, -0.15) is 13.6 Å². The van der Waals surface area contributed by atoms with Crippen molar-refractivity contribution in [3.63, 3.8) is 0 Å². The lowest BCUT2D eigenvalue weighted by Gasteiger charge is -2.09. The molecule has 0 spiro atoms. The molecule has 110 valence electrons. The van der Waals surface area contributed by atoms with Crippen LogP contribution in [0.5, 0.6) is 5.75 Å². The molecule has 0 heterocycles. The number of rotatable bonds is 4. The largest absolute Gasteiger partial charge is 0.380 e. The fourth-order valence-electron chi connectivity index (χ4n) is 1.98. The highest BCUT2D eigenvalue weighted by molar-refractivity contribution is 7.84. The summed E-state index contributed by atoms with van der Waals surface area (Å²) < 4.78 is 26.3. The number of nitro benzene ring substituents is 1. The highest BCUT2D eigenvalue weighted by atomic mass is 32.2. The quantitative estimate of drug-likeness (QED) is 0.687. The maximum Gasteiger partial charge on any atom is 0.380 e. The van der Waals surface area contributed by atoms with E-state index in [1.165, 1.54) is 18.2 Å². The molecule has 2 aromatic carbocycles. The number of nitrogens with two attached hydrogens (primary N) is 1. The second-order valence-electron chi connectivity index (χ2n) is 4.33. The Bertz CT molecular complexity index is 802. The van der Waals surface area contributed by atoms with Crippen LogP contribution in [0.25, 0.3) is 11.1 Å². The Kier molecular flexibility index (Phi) is 3.92. The Hall–Kier alpha value is -2.45. The third-order valence-electron chi connectivity index (χ3n) is 2.80. The maximum atomic E-state index is 11.0. The molecule has 7 nitrogen and oxygen atoms in total. The molecule has 0 radical (unpaired) electrons. The SMILES string of the molecule is Cc1cc(OS(N)(=O)=O)ccc1-c1ccccc1[N+](=O)[O-]. The lowest BCUT2D eigenvalue weighted by molar-refractivity contribution is -0.384. The minimum atomic E-state index is -4.10. The Morgan fingerprint density at radius 2 is 1.81 bits per heavy atom. The first kappa shape index (κ1) is 14.9. The lowest BCUT2D eigenvalue weighted by atomic mass is 9.99. The number of hydrogen-bond donors (Lipinski definition) is 1. The van der Waals surface area contributed by atoms with Crippen molar-refractivity contribution in [2.24, 2.45) is 5.14 Å². The standard InChI is InChI=1S/C13H12N2O5S/c1-9-8-10(20-21(14,18)19)6-7-11(9)12-4-2-3-5-13(12)15(16)17/h2-8H,1H3,(H2,14,18,19). The minimum absolute atomic E-state index is 0.0271. The van der Waals surface area contributed by atoms with E-state index in [-0.39, 0.29) is 11.4 Å². The zero-order valence-electron chi connectivity index (χ0n) is 11.0. The molecule has 0 fully saturated rings. The van der Waals surface area contributed by atoms with Crippen LogP contribution in [-0.4, -0.2) is 13.3 Å². The molecule has 0 atom stereocenters. The molecule has 0 saturated carbocycles. The van der Waals surface area contributed by atoms with Crippen LogP contribution in [0.2, 0.25) is 0 Å². The van der Waals surface area contributed by atoms with E-state index in [1.54, 1.807) is 31.2 Å². The predicted octanol–water partition coefficient (Wildman–Crippen LogP) is 2.15. The fourth-order valence-corrected chi connectivity index (χ4v) is 2.36. The zero-order chi connectivity index (χ0) is 15.6. The van der Waals surface area contributed by atoms with Crippen molar-refractivity contribution >= 4 is 16.0 Å². The van der Waals surface area contributed by atoms with Gasteiger partial charge in [0.1, 0.15) is 5.75 Å². The fraction of sp³-hybridized carbons (Fsp3) is 0.0769. The summed E-state index contributed by atoms with van der Waals surface area (Å²) in [6, 6.07) is 10.7. The Morgan fingerprint density at radius 1 is 1.14 bits per heavy atom. The summed E-state index contributed by atoms with van der Waals surface area (Å²) in [5, 5.41) is 15.8. The van der Waals surface area contributed by atoms with E-state index in [2.05, 4.69) is 4.18 Å². The van der Waals surface area contributed by atoms with Crippen LogP contribution < -0.4 is 9.32 Å². The number of aryl methyl sites for hydroxylation is 1. The van der Waals surface area contributed by atoms with Gasteiger partial charge in [0.25, 0.3) is 5.69 Å². The molecule has 2 aromatic rings. The molecule has 0 aromatic heterocycles. The van der Waals surface area contributed by atoms with Crippen LogP contribution in [0.4, 0.5) is 5.69 Å². The zero-order valence-corrected chi connectivity index (χ0v) is 11.8. The molecule has 8 heteroatoms. The summed E-state index contributed by atoms with van der Waals surface area (Å²) >= 11 is 0. The van der Waals surface area contributed by atoms with E-state index >= 15 is 0 Å². The summed E-state index contributed by atoms with van der Waals surface area (Å²) in [4.78, 5) is 10.6. The number of para-hydroxylation sites is 1. The van der Waals surface area contributed by atoms with Crippen LogP contribution in [0.1, 0.15) is 5.56 Å². The van der Waals surface area contributed by atoms with Crippen LogP contribution >= 0.6 is 0 Å². The van der Waals surface area contributed by atoms with Crippen molar-refractivity contribution in [1.82, 2.24) is 0 Å². The van der Waals surface area contributed by atoms with E-state index in [0.717, 1.165) is 0 Å². The van der Waals surface area contributed by atoms with Gasteiger partial charge in [-0.3, -0.25) is 10.1 Å². The Labute approximate surface area is 121 Å². The smallest absolute Gasteiger partial charge is 0.371 e. The molecular formula is C13H12N2O5S. The Morgan fingerprint density at radius 3 is 2.38 bits per heavy atom. The summed E-state index contributed by atoms with van der Waals surface area (Å²) in [5.74, 6) is 0.0531. The summed E-state index contributed by atoms with van der Waals surface area (Å²) in [7, 11) is -4.10. The first-order valence-electron chi connectivity index (χ1n) is 5.84. The Balaban J connectivity index is 2.50. The molecule has 0 aliphatic rings. The van der Waals surface area contributed by atoms with E-state index in [4.69, 9.17) is 5.14 Å². The van der Waals surface area contributed by atoms with Crippen molar-refractivity contribution in [2.45, 2.75) is 6.92 Å². The van der Waals surface area contributed by atoms with Gasteiger partial charge in [-0.1, -0.05) is 18.2 Å². The van der Waals surface area contributed by atoms with E-state index in [1.807, 2.05) is 0 Å². The summed E-state index contributed by atoms with van der Waals surface area (Å²) in [6.45, 7) is 1.70. The van der Waals surface area contributed by atoms with Gasteiger partial charge in [0.2, 0.25) is 0 Å². The average Bonchev–Trinajstić information content (AvgIpc) is 2.37. The summed E-state index contributed by atoms with van der Waals surface area (Å²) in [5.41, 5.74) is 1.66. The third kappa shape index (κ3) is 3.56. The van der Waals surface area contributed by atoms with E-state index in [0.29, 0.717) is 16.7 Å². The second-order valence-corrected chi connectivity index (χ2v) is 5.48. The molecule has 21 heavy (non-hydrogen) atoms. The van der Waals surface area contributed by atoms with Crippen molar-refractivity contribution < 1.29 is 17.5 Å². The van der Waals surface area contributed by atoms with Crippen molar-refractivity contribution in [3.05, 3.63) is 58.1 Å². The third-order valence-corrected chi connectivity index (χ3v) is 3.23. The molecule has 0 amide bonds. The predicted molar refractivity (Wildman–Crippen MR) is 77.0 cm³/mol. The van der Waals surface area contributed by atoms with Gasteiger partial charge in [-0.15, -0.1) is 0 Å². The van der Waals surface area contributed by atoms with Crippen LogP contribution in [0.3, 0.4) is 0 Å². The van der Waals surface area contributed by atoms with Gasteiger partial charge in [-0.25, -0.2) is 0 Å². The molecule has 0 saturated heterocycles. The van der Waals surface area contributed by atoms with Crippen molar-refractivity contribution in [2.75, 3.05) is 0 Å². The van der Waals surface area contributed by atoms with Gasteiger partial charge in [-0.05, 0) is 36.2 Å². The van der Waals surface area contributed by atoms with Gasteiger partial charge in [0.15, 0.2) is 0 Å². The molecule has 0 aliphatic heterocycles. The molecule has 0 unspecified atom stereocenters. The first-order valence-corrected chi connectivity index (χ1v) is 7.32. The van der Waals surface area contributed by atoms with Crippen molar-refractivity contribution in [1.29, 1.82) is 0 Å². The molecule has 2 N–H and O–H groups in total. The van der Waals surface area contributed by atoms with Crippen LogP contribution in [0, 0.1) is 17.0 Å². The van der Waals surface area contributed by atoms with Crippen molar-refractivity contribution in [3.8, 4) is 16.9 Å². The van der Waals surface area contributed by atoms with E-state index < -0.39 is 15.2 Å². The number of benzene rings is 2. The van der Waals surface area contributed by atoms with Gasteiger partial charge in [0, 0.05) is 6.07 Å². The van der Waals surface area contributed by atoms with Gasteiger partial charge < -0.3 is 4.18 Å². The number of nitrogens with zero attached hydrogens (tertiary/aromatic N) is 1. The first-order chi connectivity index (χ1) is 9.78. The number of hydrogen-bond acceptors (Lipinski definition) is 5. The highest BCUT2D eigenvalue weighted by Crippen LogP contribution is 2.33. The normalized spacial score (nSPS) is 11.1. The molecule has 0 bridgehead atoms. The molecular weight excluding hydrogens is 296 g/mol. The van der Waals surface area contributed by atoms with Gasteiger partial charge >= 0.3 is 10.3 Å². The van der Waals surface area contributed by atoms with Crippen LogP contribution in [0.15, 0.2) is 42.5 Å². The molecule has 0 aliphatic carbocycles. The monoisotopic (exact) mass is 308 g/mol. The van der Waals surface area contributed by atoms with E-state index in [9.17, 15) is 18.5 Å². The molecule has 2 rings (SSSR count). The maximum absolute atomic E-state index is 11.0. The van der Waals surface area contributed by atoms with Gasteiger partial charge in [0.05, 0.1) is 10.5 Å². The van der Waals surface area contributed by atoms with Crippen LogP contribution in [-0.2, 0) is 10.3 Å². The minimum Gasteiger partial charge on any atom is -0.371 e. The summed E-state index contributed by atoms with van der Waals surface area (Å²) in [6.07, 6.45) is 0. The topological polar surface area (TPSA) is 113 Å².